The van der Waals surface area contributed by atoms with Gasteiger partial charge in [-0.25, -0.2) is 0 Å². The fourth-order valence-electron chi connectivity index (χ4n) is 2.31. The van der Waals surface area contributed by atoms with Crippen LogP contribution in [0, 0.1) is 0 Å². The molecule has 0 heterocycles. The van der Waals surface area contributed by atoms with Crippen molar-refractivity contribution >= 4 is 18.4 Å². The van der Waals surface area contributed by atoms with Gasteiger partial charge in [0.2, 0.25) is 0 Å². The third-order valence-corrected chi connectivity index (χ3v) is 3.85. The molecule has 2 aromatic carbocycles. The van der Waals surface area contributed by atoms with Crippen LogP contribution < -0.4 is 9.71 Å². The molecule has 0 aromatic heterocycles. The fraction of sp³-hybridized carbons (Fsp3) is 0.368. The van der Waals surface area contributed by atoms with Crippen LogP contribution in [0.3, 0.4) is 0 Å². The van der Waals surface area contributed by atoms with Crippen LogP contribution in [0.2, 0.25) is 6.82 Å². The summed E-state index contributed by atoms with van der Waals surface area (Å²) in [4.78, 5) is 6.89. The van der Waals surface area contributed by atoms with Gasteiger partial charge in [0.1, 0.15) is 0 Å². The first-order valence-corrected chi connectivity index (χ1v) is 8.34. The van der Waals surface area contributed by atoms with E-state index in [1.807, 2.05) is 13.8 Å². The van der Waals surface area contributed by atoms with Gasteiger partial charge in [0.05, 0.1) is 6.67 Å². The molecule has 0 aliphatic heterocycles. The quantitative estimate of drug-likeness (QED) is 0.582. The maximum absolute atomic E-state index is 2.40. The largest absolute Gasteiger partial charge is 0.384 e. The second-order valence-corrected chi connectivity index (χ2v) is 5.58. The molecule has 0 atom stereocenters. The molecule has 0 aliphatic rings. The van der Waals surface area contributed by atoms with Crippen molar-refractivity contribution in [2.45, 2.75) is 20.7 Å². The average molecular weight is 311 g/mol. The Hall–Kier alpha value is -1.94. The first kappa shape index (κ1) is 19.1. The minimum atomic E-state index is 0.318. The fourth-order valence-corrected chi connectivity index (χ4v) is 2.31. The molecule has 0 radical (unpaired) electrons. The van der Waals surface area contributed by atoms with Gasteiger partial charge in [-0.2, -0.15) is 0 Å². The second-order valence-electron chi connectivity index (χ2n) is 5.58. The normalized spacial score (nSPS) is 9.87. The van der Waals surface area contributed by atoms with Crippen molar-refractivity contribution < 1.29 is 0 Å². The van der Waals surface area contributed by atoms with Gasteiger partial charge in [0.15, 0.2) is 0 Å². The average Bonchev–Trinajstić information content (AvgIpc) is 2.62. The smallest absolute Gasteiger partial charge is 0.340 e. The Morgan fingerprint density at radius 3 is 1.61 bits per heavy atom. The highest BCUT2D eigenvalue weighted by molar-refractivity contribution is 6.58. The number of rotatable bonds is 6. The Kier molecular flexibility index (Phi) is 8.27. The zero-order valence-corrected chi connectivity index (χ0v) is 15.4. The number of hydrogen-bond donors (Lipinski definition) is 0. The van der Waals surface area contributed by atoms with E-state index in [0.717, 1.165) is 6.67 Å². The molecule has 23 heavy (non-hydrogen) atoms. The lowest BCUT2D eigenvalue weighted by atomic mass is 9.75. The molecular formula is C19H30BN3. The van der Waals surface area contributed by atoms with Crippen LogP contribution in [-0.2, 0) is 0 Å². The van der Waals surface area contributed by atoms with Crippen LogP contribution >= 0.6 is 0 Å². The van der Waals surface area contributed by atoms with E-state index < -0.39 is 0 Å². The molecule has 0 aliphatic carbocycles. The molecule has 0 amide bonds. The molecule has 2 aromatic rings. The molecular weight excluding hydrogens is 281 g/mol. The second kappa shape index (κ2) is 9.96. The molecule has 0 unspecified atom stereocenters. The van der Waals surface area contributed by atoms with Gasteiger partial charge in [-0.05, 0) is 45.2 Å². The number of nitrogens with zero attached hydrogens (tertiary/aromatic N) is 3. The summed E-state index contributed by atoms with van der Waals surface area (Å²) >= 11 is 0. The molecule has 2 rings (SSSR count). The first-order valence-electron chi connectivity index (χ1n) is 8.34. The monoisotopic (exact) mass is 311 g/mol. The minimum absolute atomic E-state index is 0.318. The van der Waals surface area contributed by atoms with E-state index in [0.29, 0.717) is 6.98 Å². The predicted molar refractivity (Wildman–Crippen MR) is 105 cm³/mol. The van der Waals surface area contributed by atoms with Crippen molar-refractivity contribution in [1.29, 1.82) is 0 Å². The van der Waals surface area contributed by atoms with E-state index in [2.05, 4.69) is 103 Å². The van der Waals surface area contributed by atoms with Crippen molar-refractivity contribution in [3.05, 3.63) is 60.7 Å². The summed E-state index contributed by atoms with van der Waals surface area (Å²) in [6.45, 7) is 7.39. The van der Waals surface area contributed by atoms with Gasteiger partial charge < -0.3 is 14.5 Å². The van der Waals surface area contributed by atoms with Crippen LogP contribution in [0.1, 0.15) is 13.8 Å². The summed E-state index contributed by atoms with van der Waals surface area (Å²) in [5.41, 5.74) is 2.46. The van der Waals surface area contributed by atoms with Crippen LogP contribution in [0.4, 0.5) is 11.4 Å². The van der Waals surface area contributed by atoms with Crippen molar-refractivity contribution in [2.75, 3.05) is 37.5 Å². The number of anilines is 2. The lowest BCUT2D eigenvalue weighted by molar-refractivity contribution is 0.631. The molecule has 0 bridgehead atoms. The number of benzene rings is 2. The predicted octanol–water partition coefficient (Wildman–Crippen LogP) is 4.29. The van der Waals surface area contributed by atoms with Crippen LogP contribution in [0.5, 0.6) is 0 Å². The van der Waals surface area contributed by atoms with Crippen molar-refractivity contribution in [2.24, 2.45) is 0 Å². The molecule has 0 saturated heterocycles. The van der Waals surface area contributed by atoms with Gasteiger partial charge in [-0.1, -0.05) is 50.2 Å². The van der Waals surface area contributed by atoms with E-state index >= 15 is 0 Å². The van der Waals surface area contributed by atoms with Crippen LogP contribution in [0.25, 0.3) is 0 Å². The maximum Gasteiger partial charge on any atom is 0.340 e. The topological polar surface area (TPSA) is 9.72 Å². The van der Waals surface area contributed by atoms with E-state index in [1.54, 1.807) is 0 Å². The highest BCUT2D eigenvalue weighted by Gasteiger charge is 2.22. The highest BCUT2D eigenvalue weighted by atomic mass is 15.3. The Morgan fingerprint density at radius 2 is 1.17 bits per heavy atom. The summed E-state index contributed by atoms with van der Waals surface area (Å²) in [6, 6.07) is 21.1. The molecule has 0 fully saturated rings. The molecule has 0 spiro atoms. The zero-order valence-electron chi connectivity index (χ0n) is 15.4. The Morgan fingerprint density at radius 1 is 0.739 bits per heavy atom. The minimum Gasteiger partial charge on any atom is -0.384 e. The van der Waals surface area contributed by atoms with Crippen molar-refractivity contribution in [1.82, 2.24) is 4.81 Å². The van der Waals surface area contributed by atoms with Gasteiger partial charge in [0.25, 0.3) is 0 Å². The van der Waals surface area contributed by atoms with Crippen LogP contribution in [-0.4, -0.2) is 39.6 Å². The molecule has 4 heteroatoms. The maximum atomic E-state index is 2.40. The van der Waals surface area contributed by atoms with E-state index in [9.17, 15) is 0 Å². The third-order valence-electron chi connectivity index (χ3n) is 3.85. The summed E-state index contributed by atoms with van der Waals surface area (Å²) < 4.78 is 0. The lowest BCUT2D eigenvalue weighted by Crippen LogP contribution is -2.51. The summed E-state index contributed by atoms with van der Waals surface area (Å²) in [7, 11) is 6.36. The Labute approximate surface area is 142 Å². The third kappa shape index (κ3) is 5.64. The SMILES string of the molecule is CB(N(C)C)N(CN(C)c1ccccc1)c1ccccc1.CC. The summed E-state index contributed by atoms with van der Waals surface area (Å²) in [5, 5.41) is 0. The number of para-hydroxylation sites is 2. The molecule has 0 saturated carbocycles. The van der Waals surface area contributed by atoms with Crippen molar-refractivity contribution in [3.63, 3.8) is 0 Å². The van der Waals surface area contributed by atoms with E-state index in [-0.39, 0.29) is 0 Å². The van der Waals surface area contributed by atoms with Gasteiger partial charge in [0, 0.05) is 18.4 Å². The molecule has 124 valence electrons. The highest BCUT2D eigenvalue weighted by Crippen LogP contribution is 2.19. The Balaban J connectivity index is 0.00000127. The lowest BCUT2D eigenvalue weighted by Gasteiger charge is -2.36. The summed E-state index contributed by atoms with van der Waals surface area (Å²) in [6.07, 6.45) is 0. The standard InChI is InChI=1S/C17H24BN3.C2H6/c1-18(19(2)3)21(17-13-9-6-10-14-17)15-20(4)16-11-7-5-8-12-16;1-2/h5-14H,15H2,1-4H3;1-2H3. The summed E-state index contributed by atoms with van der Waals surface area (Å²) in [5.74, 6) is 0. The molecule has 3 nitrogen and oxygen atoms in total. The van der Waals surface area contributed by atoms with Crippen LogP contribution in [0.15, 0.2) is 60.7 Å². The van der Waals surface area contributed by atoms with Gasteiger partial charge in [-0.15, -0.1) is 0 Å². The van der Waals surface area contributed by atoms with E-state index in [1.165, 1.54) is 11.4 Å². The van der Waals surface area contributed by atoms with Gasteiger partial charge >= 0.3 is 6.98 Å². The zero-order chi connectivity index (χ0) is 17.2. The van der Waals surface area contributed by atoms with Gasteiger partial charge in [-0.3, -0.25) is 0 Å². The number of hydrogen-bond acceptors (Lipinski definition) is 3. The Bertz CT molecular complexity index is 531. The van der Waals surface area contributed by atoms with E-state index in [4.69, 9.17) is 0 Å². The van der Waals surface area contributed by atoms with Crippen molar-refractivity contribution in [3.8, 4) is 0 Å². The first-order chi connectivity index (χ1) is 11.1. The molecule has 0 N–H and O–H groups in total.